The molecule has 0 heterocycles. The third-order valence-corrected chi connectivity index (χ3v) is 5.09. The molecule has 0 N–H and O–H groups in total. The van der Waals surface area contributed by atoms with Crippen molar-refractivity contribution in [2.75, 3.05) is 0 Å². The van der Waals surface area contributed by atoms with E-state index >= 15 is 0 Å². The molecule has 0 amide bonds. The Balaban J connectivity index is 2.55. The number of carbonyl (C=O) groups excluding carboxylic acids is 1. The Hall–Kier alpha value is -1.05. The van der Waals surface area contributed by atoms with Crippen LogP contribution in [0.2, 0.25) is 4.82 Å². The number of hydrogen-bond donors (Lipinski definition) is 0. The van der Waals surface area contributed by atoms with Crippen LogP contribution in [0.3, 0.4) is 0 Å². The average molecular weight is 325 g/mol. The van der Waals surface area contributed by atoms with Gasteiger partial charge in [0.1, 0.15) is 0 Å². The molecule has 1 unspecified atom stereocenters. The van der Waals surface area contributed by atoms with E-state index in [-0.39, 0.29) is 5.97 Å². The summed E-state index contributed by atoms with van der Waals surface area (Å²) in [5.74, 6) is -0.255. The quantitative estimate of drug-likeness (QED) is 0.472. The van der Waals surface area contributed by atoms with E-state index in [1.54, 1.807) is 6.08 Å². The van der Waals surface area contributed by atoms with Crippen LogP contribution in [0, 0.1) is 0 Å². The molecule has 0 fully saturated rings. The predicted octanol–water partition coefficient (Wildman–Crippen LogP) is 3.11. The molecule has 3 heteroatoms. The first-order valence-electron chi connectivity index (χ1n) is 6.53. The first kappa shape index (κ1) is 16.0. The molecule has 2 nitrogen and oxygen atoms in total. The second-order valence-corrected chi connectivity index (χ2v) is 8.02. The maximum atomic E-state index is 11.6. The summed E-state index contributed by atoms with van der Waals surface area (Å²) >= 11 is 0.356. The second-order valence-electron chi connectivity index (χ2n) is 5.27. The Kier molecular flexibility index (Phi) is 6.33. The van der Waals surface area contributed by atoms with E-state index in [0.717, 1.165) is 6.42 Å². The van der Waals surface area contributed by atoms with Crippen molar-refractivity contribution in [3.8, 4) is 0 Å². The SMILES string of the molecule is CCC(/C=C/C(=O)OC(C)(C)C)[Se]c1ccccc1. The molecule has 1 aromatic carbocycles. The molecular weight excluding hydrogens is 303 g/mol. The van der Waals surface area contributed by atoms with E-state index in [1.165, 1.54) is 4.46 Å². The van der Waals surface area contributed by atoms with E-state index in [1.807, 2.05) is 32.9 Å². The van der Waals surface area contributed by atoms with Gasteiger partial charge < -0.3 is 0 Å². The summed E-state index contributed by atoms with van der Waals surface area (Å²) in [6, 6.07) is 10.4. The normalized spacial score (nSPS) is 13.5. The Morgan fingerprint density at radius 3 is 2.47 bits per heavy atom. The van der Waals surface area contributed by atoms with Gasteiger partial charge in [-0.25, -0.2) is 0 Å². The van der Waals surface area contributed by atoms with Gasteiger partial charge >= 0.3 is 122 Å². The zero-order valence-electron chi connectivity index (χ0n) is 12.1. The van der Waals surface area contributed by atoms with Crippen LogP contribution in [-0.4, -0.2) is 26.5 Å². The van der Waals surface area contributed by atoms with Crippen molar-refractivity contribution in [2.45, 2.75) is 44.5 Å². The Morgan fingerprint density at radius 1 is 1.32 bits per heavy atom. The number of benzene rings is 1. The minimum atomic E-state index is -0.423. The molecule has 0 aliphatic carbocycles. The standard InChI is InChI=1S/C16H22O2Se/c1-5-13(19-14-9-7-6-8-10-14)11-12-15(17)18-16(2,3)4/h6-13H,5H2,1-4H3/b12-11+. The average Bonchev–Trinajstić information content (AvgIpc) is 2.33. The molecule has 0 aliphatic heterocycles. The van der Waals surface area contributed by atoms with Gasteiger partial charge in [-0.3, -0.25) is 0 Å². The fraction of sp³-hybridized carbons (Fsp3) is 0.438. The first-order chi connectivity index (χ1) is 8.90. The number of allylic oxidation sites excluding steroid dienone is 1. The number of esters is 1. The molecule has 104 valence electrons. The van der Waals surface area contributed by atoms with Gasteiger partial charge in [0.05, 0.1) is 0 Å². The number of ether oxygens (including phenoxy) is 1. The van der Waals surface area contributed by atoms with E-state index in [4.69, 9.17) is 4.74 Å². The fourth-order valence-corrected chi connectivity index (χ4v) is 3.53. The molecule has 0 bridgehead atoms. The number of carbonyl (C=O) groups is 1. The van der Waals surface area contributed by atoms with Crippen LogP contribution in [-0.2, 0) is 9.53 Å². The second kappa shape index (κ2) is 7.52. The maximum absolute atomic E-state index is 11.6. The van der Waals surface area contributed by atoms with Gasteiger partial charge in [-0.15, -0.1) is 0 Å². The zero-order valence-corrected chi connectivity index (χ0v) is 13.8. The molecule has 1 atom stereocenters. The van der Waals surface area contributed by atoms with Gasteiger partial charge in [-0.05, 0) is 0 Å². The van der Waals surface area contributed by atoms with Gasteiger partial charge in [0, 0.05) is 0 Å². The van der Waals surface area contributed by atoms with Crippen LogP contribution in [0.5, 0.6) is 0 Å². The van der Waals surface area contributed by atoms with Crippen molar-refractivity contribution in [1.82, 2.24) is 0 Å². The van der Waals surface area contributed by atoms with Gasteiger partial charge in [0.25, 0.3) is 0 Å². The third kappa shape index (κ3) is 7.19. The van der Waals surface area contributed by atoms with Crippen LogP contribution in [0.25, 0.3) is 0 Å². The van der Waals surface area contributed by atoms with E-state index in [0.29, 0.717) is 19.8 Å². The summed E-state index contributed by atoms with van der Waals surface area (Å²) < 4.78 is 6.62. The molecule has 0 spiro atoms. The molecule has 0 saturated heterocycles. The topological polar surface area (TPSA) is 26.3 Å². The number of rotatable bonds is 5. The van der Waals surface area contributed by atoms with Crippen molar-refractivity contribution in [3.63, 3.8) is 0 Å². The van der Waals surface area contributed by atoms with E-state index < -0.39 is 5.60 Å². The van der Waals surface area contributed by atoms with Crippen molar-refractivity contribution in [2.24, 2.45) is 0 Å². The molecule has 0 aliphatic rings. The molecule has 19 heavy (non-hydrogen) atoms. The van der Waals surface area contributed by atoms with Crippen molar-refractivity contribution >= 4 is 25.4 Å². The van der Waals surface area contributed by atoms with Crippen LogP contribution >= 0.6 is 0 Å². The number of hydrogen-bond acceptors (Lipinski definition) is 2. The fourth-order valence-electron chi connectivity index (χ4n) is 1.45. The summed E-state index contributed by atoms with van der Waals surface area (Å²) in [6.07, 6.45) is 4.60. The molecular formula is C16H22O2Se. The minimum absolute atomic E-state index is 0.255. The van der Waals surface area contributed by atoms with E-state index in [2.05, 4.69) is 31.2 Å². The molecule has 0 saturated carbocycles. The van der Waals surface area contributed by atoms with Crippen molar-refractivity contribution in [3.05, 3.63) is 42.5 Å². The van der Waals surface area contributed by atoms with Gasteiger partial charge in [0.15, 0.2) is 0 Å². The predicted molar refractivity (Wildman–Crippen MR) is 80.9 cm³/mol. The van der Waals surface area contributed by atoms with E-state index in [9.17, 15) is 4.79 Å². The van der Waals surface area contributed by atoms with Gasteiger partial charge in [-0.2, -0.15) is 0 Å². The molecule has 1 aromatic rings. The van der Waals surface area contributed by atoms with Gasteiger partial charge in [-0.1, -0.05) is 0 Å². The Labute approximate surface area is 122 Å². The van der Waals surface area contributed by atoms with Crippen LogP contribution < -0.4 is 4.46 Å². The molecule has 1 rings (SSSR count). The summed E-state index contributed by atoms with van der Waals surface area (Å²) in [6.45, 7) is 7.78. The Bertz CT molecular complexity index is 418. The summed E-state index contributed by atoms with van der Waals surface area (Å²) in [7, 11) is 0. The molecule has 0 aromatic heterocycles. The first-order valence-corrected chi connectivity index (χ1v) is 8.38. The summed E-state index contributed by atoms with van der Waals surface area (Å²) in [5, 5.41) is 0. The van der Waals surface area contributed by atoms with Crippen molar-refractivity contribution < 1.29 is 9.53 Å². The van der Waals surface area contributed by atoms with Crippen LogP contribution in [0.4, 0.5) is 0 Å². The van der Waals surface area contributed by atoms with Crippen LogP contribution in [0.15, 0.2) is 42.5 Å². The summed E-state index contributed by atoms with van der Waals surface area (Å²) in [5.41, 5.74) is -0.423. The Morgan fingerprint density at radius 2 is 1.95 bits per heavy atom. The zero-order chi connectivity index (χ0) is 14.3. The van der Waals surface area contributed by atoms with Crippen molar-refractivity contribution in [1.29, 1.82) is 0 Å². The van der Waals surface area contributed by atoms with Gasteiger partial charge in [0.2, 0.25) is 0 Å². The molecule has 0 radical (unpaired) electrons. The summed E-state index contributed by atoms with van der Waals surface area (Å²) in [4.78, 5) is 12.1. The van der Waals surface area contributed by atoms with Crippen LogP contribution in [0.1, 0.15) is 34.1 Å². The third-order valence-electron chi connectivity index (χ3n) is 2.29. The monoisotopic (exact) mass is 326 g/mol.